The number of benzene rings is 2. The molecule has 8 amide bonds. The number of carbonyl (C=O) groups is 6. The molecule has 0 aromatic heterocycles. The van der Waals surface area contributed by atoms with Gasteiger partial charge in [0, 0.05) is 26.3 Å². The minimum absolute atomic E-state index is 0.0768. The van der Waals surface area contributed by atoms with E-state index in [-0.39, 0.29) is 18.0 Å². The van der Waals surface area contributed by atoms with E-state index >= 15 is 0 Å². The number of urea groups is 2. The van der Waals surface area contributed by atoms with Gasteiger partial charge in [0.15, 0.2) is 5.41 Å². The highest BCUT2D eigenvalue weighted by molar-refractivity contribution is 6.39. The second-order valence-electron chi connectivity index (χ2n) is 11.2. The lowest BCUT2D eigenvalue weighted by atomic mass is 9.68. The molecule has 4 heterocycles. The van der Waals surface area contributed by atoms with E-state index in [4.69, 9.17) is 0 Å². The lowest BCUT2D eigenvalue weighted by Gasteiger charge is -2.50. The number of nitrogens with zero attached hydrogens (tertiary/aromatic N) is 4. The summed E-state index contributed by atoms with van der Waals surface area (Å²) in [6.07, 6.45) is 2.91. The first-order valence-electron chi connectivity index (χ1n) is 13.4. The van der Waals surface area contributed by atoms with Crippen LogP contribution in [0, 0.1) is 19.3 Å². The maximum Gasteiger partial charge on any atom is 0.335 e. The highest BCUT2D eigenvalue weighted by Gasteiger charge is 2.63. The molecule has 3 fully saturated rings. The molecule has 0 saturated carbocycles. The van der Waals surface area contributed by atoms with Crippen LogP contribution >= 0.6 is 0 Å². The van der Waals surface area contributed by atoms with E-state index in [1.165, 1.54) is 20.2 Å². The van der Waals surface area contributed by atoms with Gasteiger partial charge in [-0.25, -0.2) is 14.5 Å². The molecule has 3 saturated heterocycles. The van der Waals surface area contributed by atoms with Crippen LogP contribution in [0.1, 0.15) is 35.1 Å². The summed E-state index contributed by atoms with van der Waals surface area (Å²) in [6, 6.07) is 8.81. The van der Waals surface area contributed by atoms with Gasteiger partial charge in [0.2, 0.25) is 11.8 Å². The fraction of sp³-hybridized carbons (Fsp3) is 0.333. The molecule has 2 aromatic rings. The summed E-state index contributed by atoms with van der Waals surface area (Å²) >= 11 is 0. The van der Waals surface area contributed by atoms with Crippen LogP contribution in [0.4, 0.5) is 21.0 Å². The first-order chi connectivity index (χ1) is 19.4. The normalized spacial score (nSPS) is 23.0. The molecule has 1 atom stereocenters. The van der Waals surface area contributed by atoms with Crippen LogP contribution in [0.25, 0.3) is 6.08 Å². The third-order valence-electron chi connectivity index (χ3n) is 8.53. The number of barbiturate groups is 2. The van der Waals surface area contributed by atoms with Crippen molar-refractivity contribution >= 4 is 53.1 Å². The van der Waals surface area contributed by atoms with Crippen LogP contribution in [0.3, 0.4) is 0 Å². The number of aryl methyl sites for hydroxylation is 2. The highest BCUT2D eigenvalue weighted by atomic mass is 16.2. The Labute approximate surface area is 236 Å². The van der Waals surface area contributed by atoms with Gasteiger partial charge < -0.3 is 4.90 Å². The number of imide groups is 4. The van der Waals surface area contributed by atoms with Gasteiger partial charge in [-0.15, -0.1) is 0 Å². The Morgan fingerprint density at radius 1 is 0.902 bits per heavy atom. The van der Waals surface area contributed by atoms with Gasteiger partial charge >= 0.3 is 12.1 Å². The molecule has 2 aromatic carbocycles. The quantitative estimate of drug-likeness (QED) is 0.343. The molecular formula is C30H29N5O6. The van der Waals surface area contributed by atoms with Crippen LogP contribution in [-0.2, 0) is 25.6 Å². The van der Waals surface area contributed by atoms with E-state index in [0.717, 1.165) is 37.9 Å². The van der Waals surface area contributed by atoms with Crippen molar-refractivity contribution in [3.8, 4) is 0 Å². The van der Waals surface area contributed by atoms with Crippen LogP contribution in [0.5, 0.6) is 0 Å². The Morgan fingerprint density at radius 3 is 2.22 bits per heavy atom. The van der Waals surface area contributed by atoms with Gasteiger partial charge in [-0.3, -0.25) is 34.3 Å². The van der Waals surface area contributed by atoms with Crippen LogP contribution in [-0.4, -0.2) is 72.2 Å². The van der Waals surface area contributed by atoms with Gasteiger partial charge in [0.1, 0.15) is 5.57 Å². The first kappa shape index (κ1) is 26.4. The summed E-state index contributed by atoms with van der Waals surface area (Å²) in [5.74, 6) is -2.62. The second kappa shape index (κ2) is 9.12. The van der Waals surface area contributed by atoms with Crippen LogP contribution in [0.2, 0.25) is 0 Å². The summed E-state index contributed by atoms with van der Waals surface area (Å²) in [6.45, 7) is 4.35. The molecule has 41 heavy (non-hydrogen) atoms. The predicted octanol–water partition coefficient (Wildman–Crippen LogP) is 2.53. The summed E-state index contributed by atoms with van der Waals surface area (Å²) in [4.78, 5) is 83.8. The predicted molar refractivity (Wildman–Crippen MR) is 149 cm³/mol. The summed E-state index contributed by atoms with van der Waals surface area (Å²) in [7, 11) is 2.78. The lowest BCUT2D eigenvalue weighted by molar-refractivity contribution is -0.159. The zero-order valence-corrected chi connectivity index (χ0v) is 23.2. The Balaban J connectivity index is 1.41. The summed E-state index contributed by atoms with van der Waals surface area (Å²) in [5, 5.41) is 2.25. The Bertz CT molecular complexity index is 1580. The number of amides is 8. The van der Waals surface area contributed by atoms with E-state index in [0.29, 0.717) is 29.8 Å². The lowest BCUT2D eigenvalue weighted by Crippen LogP contribution is -2.70. The Kier molecular flexibility index (Phi) is 5.88. The van der Waals surface area contributed by atoms with E-state index in [2.05, 4.69) is 10.2 Å². The molecule has 0 unspecified atom stereocenters. The van der Waals surface area contributed by atoms with Crippen LogP contribution < -0.4 is 15.1 Å². The van der Waals surface area contributed by atoms with Crippen LogP contribution in [0.15, 0.2) is 42.0 Å². The molecule has 0 aliphatic carbocycles. The van der Waals surface area contributed by atoms with Crippen molar-refractivity contribution in [2.24, 2.45) is 5.41 Å². The topological polar surface area (TPSA) is 127 Å². The van der Waals surface area contributed by atoms with E-state index in [1.54, 1.807) is 24.3 Å². The minimum Gasteiger partial charge on any atom is -0.367 e. The van der Waals surface area contributed by atoms with E-state index in [1.807, 2.05) is 26.0 Å². The van der Waals surface area contributed by atoms with Gasteiger partial charge in [0.05, 0.1) is 11.7 Å². The zero-order valence-electron chi connectivity index (χ0n) is 23.2. The molecule has 4 aliphatic rings. The van der Waals surface area contributed by atoms with Gasteiger partial charge in [-0.2, -0.15) is 0 Å². The third kappa shape index (κ3) is 3.79. The smallest absolute Gasteiger partial charge is 0.335 e. The number of nitrogens with one attached hydrogen (secondary N) is 1. The van der Waals surface area contributed by atoms with Crippen molar-refractivity contribution in [2.75, 3.05) is 30.4 Å². The standard InChI is InChI=1S/C30H29N5O6/c1-16-10-17(2)12-20(11-16)35-25(37)21(24(36)31-28(35)40)14-18-7-8-22-19(13-18)15-30(23-6-5-9-34(22)23)26(38)32(3)29(41)33(4)27(30)39/h7-8,10-14,23H,5-6,9,15H2,1-4H3,(H,31,36,40)/b21-14+/t23-/m0/s1. The Hall–Kier alpha value is -4.80. The Morgan fingerprint density at radius 2 is 1.56 bits per heavy atom. The summed E-state index contributed by atoms with van der Waals surface area (Å²) in [5.41, 5.74) is 2.45. The number of fused-ring (bicyclic) bond motifs is 4. The average Bonchev–Trinajstić information content (AvgIpc) is 3.42. The molecular weight excluding hydrogens is 526 g/mol. The second-order valence-corrected chi connectivity index (χ2v) is 11.2. The number of hydrogen-bond acceptors (Lipinski definition) is 7. The van der Waals surface area contributed by atoms with Crippen molar-refractivity contribution in [3.05, 3.63) is 64.2 Å². The van der Waals surface area contributed by atoms with Crippen molar-refractivity contribution < 1.29 is 28.8 Å². The van der Waals surface area contributed by atoms with Crippen molar-refractivity contribution in [1.82, 2.24) is 15.1 Å². The molecule has 0 bridgehead atoms. The zero-order chi connectivity index (χ0) is 29.4. The molecule has 0 radical (unpaired) electrons. The number of carbonyl (C=O) groups excluding carboxylic acids is 6. The molecule has 4 aliphatic heterocycles. The van der Waals surface area contributed by atoms with Crippen molar-refractivity contribution in [2.45, 2.75) is 39.2 Å². The van der Waals surface area contributed by atoms with E-state index < -0.39 is 41.1 Å². The van der Waals surface area contributed by atoms with Gasteiger partial charge in [0.25, 0.3) is 11.8 Å². The first-order valence-corrected chi connectivity index (χ1v) is 13.4. The molecule has 1 spiro atoms. The largest absolute Gasteiger partial charge is 0.367 e. The average molecular weight is 556 g/mol. The molecule has 6 rings (SSSR count). The monoisotopic (exact) mass is 555 g/mol. The third-order valence-corrected chi connectivity index (χ3v) is 8.53. The molecule has 1 N–H and O–H groups in total. The minimum atomic E-state index is -1.46. The van der Waals surface area contributed by atoms with Crippen molar-refractivity contribution in [3.63, 3.8) is 0 Å². The highest BCUT2D eigenvalue weighted by Crippen LogP contribution is 2.49. The number of hydrogen-bond donors (Lipinski definition) is 1. The van der Waals surface area contributed by atoms with Gasteiger partial charge in [-0.1, -0.05) is 12.1 Å². The molecule has 210 valence electrons. The SMILES string of the molecule is Cc1cc(C)cc(N2C(=O)NC(=O)/C(=C\c3ccc4c(c3)CC3(C(=O)N(C)C(=O)N(C)C3=O)[C@@H]3CCCN43)C2=O)c1. The maximum absolute atomic E-state index is 13.6. The number of anilines is 2. The summed E-state index contributed by atoms with van der Waals surface area (Å²) < 4.78 is 0. The van der Waals surface area contributed by atoms with Gasteiger partial charge in [-0.05, 0) is 85.7 Å². The fourth-order valence-corrected chi connectivity index (χ4v) is 6.77. The van der Waals surface area contributed by atoms with Crippen molar-refractivity contribution in [1.29, 1.82) is 0 Å². The molecule has 11 heteroatoms. The maximum atomic E-state index is 13.6. The molecule has 11 nitrogen and oxygen atoms in total. The van der Waals surface area contributed by atoms with E-state index in [9.17, 15) is 28.8 Å². The number of rotatable bonds is 2. The fourth-order valence-electron chi connectivity index (χ4n) is 6.77.